The lowest BCUT2D eigenvalue weighted by atomic mass is 9.89. The van der Waals surface area contributed by atoms with Crippen LogP contribution in [-0.4, -0.2) is 20.4 Å². The number of aromatic amines is 1. The van der Waals surface area contributed by atoms with Crippen molar-refractivity contribution in [3.05, 3.63) is 23.0 Å². The van der Waals surface area contributed by atoms with E-state index in [1.165, 1.54) is 16.9 Å². The van der Waals surface area contributed by atoms with E-state index in [0.717, 1.165) is 17.4 Å². The predicted molar refractivity (Wildman–Crippen MR) is 64.5 cm³/mol. The molecular formula is C10H15N5S. The van der Waals surface area contributed by atoms with E-state index in [1.807, 2.05) is 6.20 Å². The molecule has 0 fully saturated rings. The zero-order valence-electron chi connectivity index (χ0n) is 9.61. The van der Waals surface area contributed by atoms with E-state index in [2.05, 4.69) is 46.5 Å². The highest BCUT2D eigenvalue weighted by atomic mass is 32.1. The van der Waals surface area contributed by atoms with E-state index >= 15 is 0 Å². The molecule has 16 heavy (non-hydrogen) atoms. The van der Waals surface area contributed by atoms with Crippen LogP contribution in [0.3, 0.4) is 0 Å². The quantitative estimate of drug-likeness (QED) is 0.858. The number of H-pyrrole nitrogens is 1. The van der Waals surface area contributed by atoms with Crippen molar-refractivity contribution in [2.24, 2.45) is 0 Å². The maximum absolute atomic E-state index is 4.09. The average molecular weight is 237 g/mol. The Balaban J connectivity index is 2.08. The molecule has 0 saturated heterocycles. The van der Waals surface area contributed by atoms with Crippen LogP contribution >= 0.6 is 11.3 Å². The standard InChI is InChI=1S/C10H15N5S/c1-10(2,3)8-7(5-12-14-8)4-11-9-15-13-6-16-9/h5-6H,4H2,1-3H3,(H,11,15)(H,12,14). The summed E-state index contributed by atoms with van der Waals surface area (Å²) in [5.41, 5.74) is 4.11. The highest BCUT2D eigenvalue weighted by Gasteiger charge is 2.19. The summed E-state index contributed by atoms with van der Waals surface area (Å²) in [4.78, 5) is 0. The van der Waals surface area contributed by atoms with Gasteiger partial charge in [0.15, 0.2) is 0 Å². The Morgan fingerprint density at radius 3 is 2.88 bits per heavy atom. The van der Waals surface area contributed by atoms with Crippen LogP contribution in [0, 0.1) is 0 Å². The van der Waals surface area contributed by atoms with Gasteiger partial charge in [0.2, 0.25) is 5.13 Å². The maximum Gasteiger partial charge on any atom is 0.205 e. The van der Waals surface area contributed by atoms with Crippen molar-refractivity contribution in [1.29, 1.82) is 0 Å². The number of rotatable bonds is 3. The third-order valence-electron chi connectivity index (χ3n) is 2.26. The van der Waals surface area contributed by atoms with E-state index in [0.29, 0.717) is 0 Å². The van der Waals surface area contributed by atoms with Crippen LogP contribution < -0.4 is 5.32 Å². The van der Waals surface area contributed by atoms with Crippen LogP contribution in [0.4, 0.5) is 5.13 Å². The van der Waals surface area contributed by atoms with Crippen molar-refractivity contribution in [2.75, 3.05) is 5.32 Å². The van der Waals surface area contributed by atoms with Crippen LogP contribution in [-0.2, 0) is 12.0 Å². The molecule has 0 aliphatic heterocycles. The van der Waals surface area contributed by atoms with Gasteiger partial charge in [-0.25, -0.2) is 0 Å². The molecule has 0 radical (unpaired) electrons. The molecule has 2 aromatic rings. The minimum atomic E-state index is 0.0780. The second-order valence-electron chi connectivity index (χ2n) is 4.62. The smallest absolute Gasteiger partial charge is 0.205 e. The molecule has 0 spiro atoms. The first-order valence-electron chi connectivity index (χ1n) is 5.10. The van der Waals surface area contributed by atoms with Crippen molar-refractivity contribution >= 4 is 16.5 Å². The van der Waals surface area contributed by atoms with Gasteiger partial charge < -0.3 is 5.32 Å². The number of anilines is 1. The summed E-state index contributed by atoms with van der Waals surface area (Å²) >= 11 is 1.49. The summed E-state index contributed by atoms with van der Waals surface area (Å²) in [6.07, 6.45) is 1.86. The van der Waals surface area contributed by atoms with E-state index in [1.54, 1.807) is 5.51 Å². The minimum absolute atomic E-state index is 0.0780. The zero-order valence-corrected chi connectivity index (χ0v) is 10.4. The first-order chi connectivity index (χ1) is 7.57. The number of hydrogen-bond donors (Lipinski definition) is 2. The molecule has 0 atom stereocenters. The van der Waals surface area contributed by atoms with Gasteiger partial charge >= 0.3 is 0 Å². The van der Waals surface area contributed by atoms with E-state index in [-0.39, 0.29) is 5.41 Å². The van der Waals surface area contributed by atoms with Crippen LogP contribution in [0.25, 0.3) is 0 Å². The molecule has 0 bridgehead atoms. The highest BCUT2D eigenvalue weighted by molar-refractivity contribution is 7.13. The predicted octanol–water partition coefficient (Wildman–Crippen LogP) is 2.17. The van der Waals surface area contributed by atoms with Crippen LogP contribution in [0.2, 0.25) is 0 Å². The molecule has 6 heteroatoms. The van der Waals surface area contributed by atoms with Crippen molar-refractivity contribution in [1.82, 2.24) is 20.4 Å². The first kappa shape index (κ1) is 11.1. The summed E-state index contributed by atoms with van der Waals surface area (Å²) in [6, 6.07) is 0. The van der Waals surface area contributed by atoms with E-state index < -0.39 is 0 Å². The molecule has 0 saturated carbocycles. The lowest BCUT2D eigenvalue weighted by Gasteiger charge is -2.18. The summed E-state index contributed by atoms with van der Waals surface area (Å²) in [5, 5.41) is 18.9. The van der Waals surface area contributed by atoms with Crippen LogP contribution in [0.15, 0.2) is 11.7 Å². The Hall–Kier alpha value is -1.43. The van der Waals surface area contributed by atoms with Gasteiger partial charge in [-0.3, -0.25) is 5.10 Å². The van der Waals surface area contributed by atoms with Crippen molar-refractivity contribution in [2.45, 2.75) is 32.7 Å². The molecule has 0 aliphatic rings. The molecule has 86 valence electrons. The fourth-order valence-corrected chi connectivity index (χ4v) is 1.96. The summed E-state index contributed by atoms with van der Waals surface area (Å²) in [6.45, 7) is 7.21. The summed E-state index contributed by atoms with van der Waals surface area (Å²) < 4.78 is 0. The molecule has 0 amide bonds. The lowest BCUT2D eigenvalue weighted by molar-refractivity contribution is 0.561. The maximum atomic E-state index is 4.09. The Morgan fingerprint density at radius 2 is 2.25 bits per heavy atom. The Kier molecular flexibility index (Phi) is 2.91. The Labute approximate surface area is 98.3 Å². The van der Waals surface area contributed by atoms with E-state index in [9.17, 15) is 0 Å². The topological polar surface area (TPSA) is 66.5 Å². The fourth-order valence-electron chi connectivity index (χ4n) is 1.52. The van der Waals surface area contributed by atoms with Gasteiger partial charge in [-0.15, -0.1) is 10.2 Å². The van der Waals surface area contributed by atoms with Gasteiger partial charge in [-0.1, -0.05) is 32.1 Å². The van der Waals surface area contributed by atoms with E-state index in [4.69, 9.17) is 0 Å². The molecule has 2 rings (SSSR count). The van der Waals surface area contributed by atoms with Crippen LogP contribution in [0.5, 0.6) is 0 Å². The van der Waals surface area contributed by atoms with Gasteiger partial charge in [0.05, 0.1) is 6.20 Å². The second kappa shape index (κ2) is 4.21. The molecule has 5 nitrogen and oxygen atoms in total. The molecule has 2 aromatic heterocycles. The highest BCUT2D eigenvalue weighted by Crippen LogP contribution is 2.24. The minimum Gasteiger partial charge on any atom is -0.356 e. The molecule has 2 N–H and O–H groups in total. The monoisotopic (exact) mass is 237 g/mol. The third kappa shape index (κ3) is 2.38. The number of nitrogens with one attached hydrogen (secondary N) is 2. The molecule has 0 aliphatic carbocycles. The van der Waals surface area contributed by atoms with Gasteiger partial charge in [0.1, 0.15) is 5.51 Å². The third-order valence-corrected chi connectivity index (χ3v) is 2.91. The molecule has 0 unspecified atom stereocenters. The van der Waals surface area contributed by atoms with Gasteiger partial charge in [-0.2, -0.15) is 5.10 Å². The number of hydrogen-bond acceptors (Lipinski definition) is 5. The van der Waals surface area contributed by atoms with Crippen molar-refractivity contribution in [3.63, 3.8) is 0 Å². The van der Waals surface area contributed by atoms with Gasteiger partial charge in [-0.05, 0) is 0 Å². The Bertz CT molecular complexity index is 440. The summed E-state index contributed by atoms with van der Waals surface area (Å²) in [5.74, 6) is 0. The molecular weight excluding hydrogens is 222 g/mol. The zero-order chi connectivity index (χ0) is 11.6. The van der Waals surface area contributed by atoms with Gasteiger partial charge in [0.25, 0.3) is 0 Å². The van der Waals surface area contributed by atoms with Gasteiger partial charge in [0, 0.05) is 23.2 Å². The average Bonchev–Trinajstić information content (AvgIpc) is 2.85. The SMILES string of the molecule is CC(C)(C)c1[nH]ncc1CNc1nncs1. The van der Waals surface area contributed by atoms with Crippen molar-refractivity contribution in [3.8, 4) is 0 Å². The fraction of sp³-hybridized carbons (Fsp3) is 0.500. The van der Waals surface area contributed by atoms with Crippen LogP contribution in [0.1, 0.15) is 32.0 Å². The normalized spacial score (nSPS) is 11.7. The number of nitrogens with zero attached hydrogens (tertiary/aromatic N) is 3. The molecule has 2 heterocycles. The lowest BCUT2D eigenvalue weighted by Crippen LogP contribution is -2.15. The largest absolute Gasteiger partial charge is 0.356 e. The summed E-state index contributed by atoms with van der Waals surface area (Å²) in [7, 11) is 0. The Morgan fingerprint density at radius 1 is 1.44 bits per heavy atom. The second-order valence-corrected chi connectivity index (χ2v) is 5.45. The first-order valence-corrected chi connectivity index (χ1v) is 5.98. The van der Waals surface area contributed by atoms with Crippen molar-refractivity contribution < 1.29 is 0 Å². The number of aromatic nitrogens is 4. The molecule has 0 aromatic carbocycles.